The van der Waals surface area contributed by atoms with Crippen molar-refractivity contribution in [3.63, 3.8) is 0 Å². The van der Waals surface area contributed by atoms with Crippen LogP contribution in [-0.2, 0) is 26.2 Å². The Bertz CT molecular complexity index is 1420. The summed E-state index contributed by atoms with van der Waals surface area (Å²) in [4.78, 5) is 29.2. The summed E-state index contributed by atoms with van der Waals surface area (Å²) >= 11 is 0. The second-order valence-corrected chi connectivity index (χ2v) is 12.4. The lowest BCUT2D eigenvalue weighted by atomic mass is 9.95. The Morgan fingerprint density at radius 2 is 1.63 bits per heavy atom. The second-order valence-electron chi connectivity index (χ2n) is 10.6. The van der Waals surface area contributed by atoms with E-state index in [4.69, 9.17) is 0 Å². The van der Waals surface area contributed by atoms with Gasteiger partial charge in [0.15, 0.2) is 0 Å². The number of nitrogens with zero attached hydrogens (tertiary/aromatic N) is 2. The van der Waals surface area contributed by atoms with Crippen LogP contribution in [0.3, 0.4) is 0 Å². The fraction of sp³-hybridized carbons (Fsp3) is 0.375. The molecule has 0 aliphatic heterocycles. The number of amides is 2. The number of anilines is 1. The molecule has 3 aromatic rings. The number of hydrogen-bond acceptors (Lipinski definition) is 4. The highest BCUT2D eigenvalue weighted by atomic mass is 32.2. The molecule has 0 bridgehead atoms. The molecule has 0 radical (unpaired) electrons. The number of rotatable bonds is 11. The fourth-order valence-electron chi connectivity index (χ4n) is 5.33. The summed E-state index contributed by atoms with van der Waals surface area (Å²) in [5.41, 5.74) is 1.99. The van der Waals surface area contributed by atoms with Crippen molar-refractivity contribution in [1.29, 1.82) is 0 Å². The van der Waals surface area contributed by atoms with Crippen LogP contribution < -0.4 is 9.62 Å². The predicted octanol–water partition coefficient (Wildman–Crippen LogP) is 5.59. The van der Waals surface area contributed by atoms with E-state index in [0.29, 0.717) is 6.42 Å². The van der Waals surface area contributed by atoms with E-state index < -0.39 is 34.3 Å². The minimum atomic E-state index is -4.19. The van der Waals surface area contributed by atoms with Crippen LogP contribution in [-0.4, -0.2) is 43.8 Å². The van der Waals surface area contributed by atoms with Crippen molar-refractivity contribution < 1.29 is 22.4 Å². The third-order valence-electron chi connectivity index (χ3n) is 7.50. The number of nitrogens with one attached hydrogen (secondary N) is 1. The molecule has 1 fully saturated rings. The number of benzene rings is 3. The van der Waals surface area contributed by atoms with Crippen LogP contribution in [0.4, 0.5) is 10.1 Å². The molecule has 2 amide bonds. The van der Waals surface area contributed by atoms with Crippen molar-refractivity contribution in [1.82, 2.24) is 10.2 Å². The smallest absolute Gasteiger partial charge is 0.264 e. The van der Waals surface area contributed by atoms with Gasteiger partial charge in [0.1, 0.15) is 18.4 Å². The predicted molar refractivity (Wildman–Crippen MR) is 158 cm³/mol. The number of carbonyl (C=O) groups is 2. The molecule has 1 N–H and O–H groups in total. The standard InChI is InChI=1S/C32H38FN3O4S/c1-3-30(32(38)34-27-13-6-4-7-14-27)35(22-25-12-10-11-24(2)21-25)31(37)23-36(28-19-17-26(33)18-20-28)41(39,40)29-15-8-5-9-16-29/h5,8-12,15-21,27,30H,3-4,6-7,13-14,22-23H2,1-2H3,(H,34,38). The lowest BCUT2D eigenvalue weighted by molar-refractivity contribution is -0.140. The summed E-state index contributed by atoms with van der Waals surface area (Å²) in [6, 6.07) is 19.7. The molecular weight excluding hydrogens is 541 g/mol. The van der Waals surface area contributed by atoms with E-state index in [1.807, 2.05) is 38.1 Å². The number of halogens is 1. The molecule has 7 nitrogen and oxygen atoms in total. The highest BCUT2D eigenvalue weighted by molar-refractivity contribution is 7.92. The van der Waals surface area contributed by atoms with Gasteiger partial charge in [-0.3, -0.25) is 13.9 Å². The second kappa shape index (κ2) is 13.8. The number of carbonyl (C=O) groups excluding carboxylic acids is 2. The van der Waals surface area contributed by atoms with E-state index >= 15 is 0 Å². The summed E-state index contributed by atoms with van der Waals surface area (Å²) in [6.07, 6.45) is 5.42. The first kappa shape index (κ1) is 30.2. The lowest BCUT2D eigenvalue weighted by Gasteiger charge is -2.34. The van der Waals surface area contributed by atoms with Gasteiger partial charge in [0.05, 0.1) is 10.6 Å². The highest BCUT2D eigenvalue weighted by Crippen LogP contribution is 2.25. The molecule has 0 heterocycles. The van der Waals surface area contributed by atoms with E-state index in [9.17, 15) is 22.4 Å². The first-order valence-electron chi connectivity index (χ1n) is 14.2. The van der Waals surface area contributed by atoms with Crippen LogP contribution in [0.2, 0.25) is 0 Å². The van der Waals surface area contributed by atoms with Crippen LogP contribution in [0.15, 0.2) is 83.8 Å². The molecule has 218 valence electrons. The van der Waals surface area contributed by atoms with Crippen molar-refractivity contribution in [3.05, 3.63) is 95.8 Å². The minimum absolute atomic E-state index is 0.00411. The first-order chi connectivity index (χ1) is 19.7. The minimum Gasteiger partial charge on any atom is -0.352 e. The quantitative estimate of drug-likeness (QED) is 0.321. The van der Waals surface area contributed by atoms with E-state index in [0.717, 1.165) is 59.7 Å². The number of aryl methyl sites for hydroxylation is 1. The van der Waals surface area contributed by atoms with Crippen LogP contribution in [0.5, 0.6) is 0 Å². The first-order valence-corrected chi connectivity index (χ1v) is 15.6. The molecule has 0 saturated heterocycles. The molecule has 9 heteroatoms. The number of sulfonamides is 1. The summed E-state index contributed by atoms with van der Waals surface area (Å²) in [5.74, 6) is -1.29. The van der Waals surface area contributed by atoms with Crippen molar-refractivity contribution >= 4 is 27.5 Å². The van der Waals surface area contributed by atoms with Gasteiger partial charge in [-0.1, -0.05) is 74.2 Å². The Kier molecular flexibility index (Phi) is 10.2. The van der Waals surface area contributed by atoms with Crippen LogP contribution in [0, 0.1) is 12.7 Å². The Hall–Kier alpha value is -3.72. The SMILES string of the molecule is CCC(C(=O)NC1CCCCC1)N(Cc1cccc(C)c1)C(=O)CN(c1ccc(F)cc1)S(=O)(=O)c1ccccc1. The molecule has 4 rings (SSSR count). The number of hydrogen-bond donors (Lipinski definition) is 1. The molecule has 1 aliphatic carbocycles. The van der Waals surface area contributed by atoms with Gasteiger partial charge in [-0.25, -0.2) is 12.8 Å². The van der Waals surface area contributed by atoms with E-state index in [1.54, 1.807) is 18.2 Å². The monoisotopic (exact) mass is 579 g/mol. The Morgan fingerprint density at radius 1 is 0.951 bits per heavy atom. The summed E-state index contributed by atoms with van der Waals surface area (Å²) in [7, 11) is -4.19. The Morgan fingerprint density at radius 3 is 2.27 bits per heavy atom. The normalized spacial score (nSPS) is 14.7. The molecule has 41 heavy (non-hydrogen) atoms. The van der Waals surface area contributed by atoms with E-state index in [1.165, 1.54) is 29.2 Å². The van der Waals surface area contributed by atoms with Gasteiger partial charge in [0.25, 0.3) is 10.0 Å². The van der Waals surface area contributed by atoms with Crippen LogP contribution >= 0.6 is 0 Å². The molecule has 1 saturated carbocycles. The third-order valence-corrected chi connectivity index (χ3v) is 9.29. The molecule has 1 unspecified atom stereocenters. The van der Waals surface area contributed by atoms with E-state index in [2.05, 4.69) is 5.32 Å². The van der Waals surface area contributed by atoms with Gasteiger partial charge in [-0.15, -0.1) is 0 Å². The maximum Gasteiger partial charge on any atom is 0.264 e. The highest BCUT2D eigenvalue weighted by Gasteiger charge is 2.34. The van der Waals surface area contributed by atoms with Crippen molar-refractivity contribution in [3.8, 4) is 0 Å². The van der Waals surface area contributed by atoms with Crippen molar-refractivity contribution in [2.75, 3.05) is 10.8 Å². The average molecular weight is 580 g/mol. The van der Waals surface area contributed by atoms with Gasteiger partial charge in [0, 0.05) is 12.6 Å². The zero-order chi connectivity index (χ0) is 29.4. The molecule has 1 atom stereocenters. The van der Waals surface area contributed by atoms with Gasteiger partial charge >= 0.3 is 0 Å². The zero-order valence-electron chi connectivity index (χ0n) is 23.6. The van der Waals surface area contributed by atoms with Crippen LogP contribution in [0.1, 0.15) is 56.6 Å². The Labute approximate surface area is 242 Å². The summed E-state index contributed by atoms with van der Waals surface area (Å²) in [5, 5.41) is 3.14. The van der Waals surface area contributed by atoms with Gasteiger partial charge in [-0.05, 0) is 68.1 Å². The van der Waals surface area contributed by atoms with Gasteiger partial charge in [0.2, 0.25) is 11.8 Å². The zero-order valence-corrected chi connectivity index (χ0v) is 24.4. The molecule has 1 aliphatic rings. The largest absolute Gasteiger partial charge is 0.352 e. The lowest BCUT2D eigenvalue weighted by Crippen LogP contribution is -2.54. The van der Waals surface area contributed by atoms with Crippen molar-refractivity contribution in [2.24, 2.45) is 0 Å². The van der Waals surface area contributed by atoms with Crippen LogP contribution in [0.25, 0.3) is 0 Å². The average Bonchev–Trinajstić information content (AvgIpc) is 2.97. The van der Waals surface area contributed by atoms with Crippen molar-refractivity contribution in [2.45, 2.75) is 75.9 Å². The molecule has 0 aromatic heterocycles. The topological polar surface area (TPSA) is 86.8 Å². The summed E-state index contributed by atoms with van der Waals surface area (Å²) in [6.45, 7) is 3.38. The van der Waals surface area contributed by atoms with Gasteiger partial charge < -0.3 is 10.2 Å². The van der Waals surface area contributed by atoms with Gasteiger partial charge in [-0.2, -0.15) is 0 Å². The fourth-order valence-corrected chi connectivity index (χ4v) is 6.76. The molecule has 0 spiro atoms. The van der Waals surface area contributed by atoms with E-state index in [-0.39, 0.29) is 29.1 Å². The third kappa shape index (κ3) is 7.73. The molecular formula is C32H38FN3O4S. The molecule has 3 aromatic carbocycles. The summed E-state index contributed by atoms with van der Waals surface area (Å²) < 4.78 is 42.4. The maximum absolute atomic E-state index is 14.1. The maximum atomic E-state index is 14.1. The Balaban J connectivity index is 1.69.